The summed E-state index contributed by atoms with van der Waals surface area (Å²) in [4.78, 5) is 37.2. The molecule has 0 saturated heterocycles. The van der Waals surface area contributed by atoms with Crippen molar-refractivity contribution < 1.29 is 33.5 Å². The average Bonchev–Trinajstić information content (AvgIpc) is 3.14. The van der Waals surface area contributed by atoms with E-state index in [1.54, 1.807) is 19.1 Å². The molecule has 0 spiro atoms. The first-order chi connectivity index (χ1) is 14.6. The number of ether oxygens (including phenoxy) is 4. The highest BCUT2D eigenvalue weighted by Crippen LogP contribution is 2.45. The van der Waals surface area contributed by atoms with Gasteiger partial charge in [0.2, 0.25) is 19.1 Å². The van der Waals surface area contributed by atoms with Crippen molar-refractivity contribution in [2.45, 2.75) is 52.9 Å². The molecule has 1 aliphatic heterocycles. The van der Waals surface area contributed by atoms with Crippen molar-refractivity contribution in [2.24, 2.45) is 11.3 Å². The Bertz CT molecular complexity index is 820. The smallest absolute Gasteiger partial charge is 0.317 e. The Kier molecular flexibility index (Phi) is 8.24. The zero-order valence-electron chi connectivity index (χ0n) is 18.8. The molecule has 0 bridgehead atoms. The Balaban J connectivity index is 2.52. The standard InChI is InChI=1S/C22H31NO8/c1-6-8-22(3,4)11-16(24)19(21(25)29-7-2)15(12-23(26)27)14-9-17(28-5)20-18(10-14)30-13-31-20/h9-10,15,19H,6-8,11-13H2,1-5H3/t15-,19-/m1/s1. The summed E-state index contributed by atoms with van der Waals surface area (Å²) in [5.74, 6) is -2.43. The summed E-state index contributed by atoms with van der Waals surface area (Å²) < 4.78 is 21.3. The molecule has 31 heavy (non-hydrogen) atoms. The number of hydrogen-bond acceptors (Lipinski definition) is 8. The number of nitrogens with zero attached hydrogens (tertiary/aromatic N) is 1. The lowest BCUT2D eigenvalue weighted by Crippen LogP contribution is -2.37. The number of methoxy groups -OCH3 is 1. The molecule has 0 N–H and O–H groups in total. The lowest BCUT2D eigenvalue weighted by molar-refractivity contribution is -0.484. The fraction of sp³-hybridized carbons (Fsp3) is 0.636. The van der Waals surface area contributed by atoms with Crippen molar-refractivity contribution in [3.05, 3.63) is 27.8 Å². The number of rotatable bonds is 12. The van der Waals surface area contributed by atoms with E-state index in [2.05, 4.69) is 0 Å². The van der Waals surface area contributed by atoms with Gasteiger partial charge in [0.1, 0.15) is 11.7 Å². The quantitative estimate of drug-likeness (QED) is 0.210. The number of esters is 1. The van der Waals surface area contributed by atoms with Gasteiger partial charge in [0.05, 0.1) is 19.6 Å². The van der Waals surface area contributed by atoms with Crippen molar-refractivity contribution in [1.82, 2.24) is 0 Å². The molecule has 0 aliphatic carbocycles. The SMILES string of the molecule is CCCC(C)(C)CC(=O)[C@H](C(=O)OCC)[C@H](C[N+](=O)[O-])c1cc(OC)c2c(c1)OCO2. The van der Waals surface area contributed by atoms with Crippen LogP contribution in [0.1, 0.15) is 58.4 Å². The second kappa shape index (κ2) is 10.5. The first-order valence-electron chi connectivity index (χ1n) is 10.4. The van der Waals surface area contributed by atoms with Crippen LogP contribution in [-0.2, 0) is 14.3 Å². The minimum Gasteiger partial charge on any atom is -0.493 e. The van der Waals surface area contributed by atoms with Gasteiger partial charge in [-0.25, -0.2) is 0 Å². The van der Waals surface area contributed by atoms with Gasteiger partial charge in [0.15, 0.2) is 11.5 Å². The van der Waals surface area contributed by atoms with E-state index in [9.17, 15) is 19.7 Å². The zero-order valence-corrected chi connectivity index (χ0v) is 18.8. The Morgan fingerprint density at radius 3 is 2.55 bits per heavy atom. The number of Topliss-reactive ketones (excluding diaryl/α,β-unsaturated/α-hetero) is 1. The molecule has 9 nitrogen and oxygen atoms in total. The van der Waals surface area contributed by atoms with Gasteiger partial charge < -0.3 is 18.9 Å². The number of carbonyl (C=O) groups is 2. The van der Waals surface area contributed by atoms with E-state index in [4.69, 9.17) is 18.9 Å². The average molecular weight is 437 g/mol. The first-order valence-corrected chi connectivity index (χ1v) is 10.4. The summed E-state index contributed by atoms with van der Waals surface area (Å²) in [6, 6.07) is 3.12. The van der Waals surface area contributed by atoms with Crippen LogP contribution in [0.5, 0.6) is 17.2 Å². The lowest BCUT2D eigenvalue weighted by Gasteiger charge is -2.28. The van der Waals surface area contributed by atoms with E-state index < -0.39 is 29.3 Å². The number of nitro groups is 1. The summed E-state index contributed by atoms with van der Waals surface area (Å²) in [5, 5.41) is 11.5. The summed E-state index contributed by atoms with van der Waals surface area (Å²) in [5.41, 5.74) is 0.0417. The summed E-state index contributed by atoms with van der Waals surface area (Å²) in [6.45, 7) is 6.98. The Hall–Kier alpha value is -2.84. The van der Waals surface area contributed by atoms with Gasteiger partial charge in [-0.3, -0.25) is 19.7 Å². The monoisotopic (exact) mass is 437 g/mol. The molecule has 0 fully saturated rings. The molecule has 172 valence electrons. The Morgan fingerprint density at radius 2 is 1.97 bits per heavy atom. The van der Waals surface area contributed by atoms with Gasteiger partial charge in [-0.15, -0.1) is 0 Å². The molecule has 9 heteroatoms. The highest BCUT2D eigenvalue weighted by atomic mass is 16.7. The Morgan fingerprint density at radius 1 is 1.26 bits per heavy atom. The van der Waals surface area contributed by atoms with Crippen molar-refractivity contribution in [3.8, 4) is 17.2 Å². The molecule has 0 radical (unpaired) electrons. The van der Waals surface area contributed by atoms with Crippen LogP contribution in [0.25, 0.3) is 0 Å². The normalized spacial score (nSPS) is 14.6. The third-order valence-electron chi connectivity index (χ3n) is 5.32. The summed E-state index contributed by atoms with van der Waals surface area (Å²) >= 11 is 0. The fourth-order valence-electron chi connectivity index (χ4n) is 4.03. The summed E-state index contributed by atoms with van der Waals surface area (Å²) in [6.07, 6.45) is 1.77. The van der Waals surface area contributed by atoms with E-state index >= 15 is 0 Å². The van der Waals surface area contributed by atoms with Crippen molar-refractivity contribution >= 4 is 11.8 Å². The maximum Gasteiger partial charge on any atom is 0.317 e. The van der Waals surface area contributed by atoms with Crippen LogP contribution < -0.4 is 14.2 Å². The van der Waals surface area contributed by atoms with Crippen LogP contribution in [0.15, 0.2) is 12.1 Å². The molecular weight excluding hydrogens is 406 g/mol. The lowest BCUT2D eigenvalue weighted by atomic mass is 9.75. The molecule has 2 atom stereocenters. The molecule has 0 saturated carbocycles. The molecule has 0 amide bonds. The van der Waals surface area contributed by atoms with Gasteiger partial charge in [-0.2, -0.15) is 0 Å². The van der Waals surface area contributed by atoms with E-state index in [-0.39, 0.29) is 31.0 Å². The third kappa shape index (κ3) is 6.08. The van der Waals surface area contributed by atoms with Crippen LogP contribution in [0.2, 0.25) is 0 Å². The van der Waals surface area contributed by atoms with Crippen molar-refractivity contribution in [3.63, 3.8) is 0 Å². The molecular formula is C22H31NO8. The van der Waals surface area contributed by atoms with Gasteiger partial charge in [0.25, 0.3) is 0 Å². The van der Waals surface area contributed by atoms with Gasteiger partial charge in [-0.1, -0.05) is 27.2 Å². The molecule has 1 aromatic carbocycles. The van der Waals surface area contributed by atoms with Crippen LogP contribution in [0.4, 0.5) is 0 Å². The van der Waals surface area contributed by atoms with E-state index in [0.717, 1.165) is 12.8 Å². The largest absolute Gasteiger partial charge is 0.493 e. The third-order valence-corrected chi connectivity index (χ3v) is 5.32. The van der Waals surface area contributed by atoms with Crippen LogP contribution in [0.3, 0.4) is 0 Å². The van der Waals surface area contributed by atoms with Gasteiger partial charge in [0, 0.05) is 11.3 Å². The molecule has 1 heterocycles. The molecule has 0 unspecified atom stereocenters. The summed E-state index contributed by atoms with van der Waals surface area (Å²) in [7, 11) is 1.44. The molecule has 2 rings (SSSR count). The zero-order chi connectivity index (χ0) is 23.2. The van der Waals surface area contributed by atoms with Crippen LogP contribution >= 0.6 is 0 Å². The highest BCUT2D eigenvalue weighted by Gasteiger charge is 2.42. The van der Waals surface area contributed by atoms with E-state index in [0.29, 0.717) is 22.8 Å². The van der Waals surface area contributed by atoms with Crippen LogP contribution in [0, 0.1) is 21.4 Å². The minimum atomic E-state index is -1.31. The predicted octanol–water partition coefficient (Wildman–Crippen LogP) is 3.75. The maximum absolute atomic E-state index is 13.3. The Labute approximate surface area is 182 Å². The second-order valence-electron chi connectivity index (χ2n) is 8.37. The number of benzene rings is 1. The van der Waals surface area contributed by atoms with Gasteiger partial charge in [-0.05, 0) is 36.5 Å². The second-order valence-corrected chi connectivity index (χ2v) is 8.37. The first kappa shape index (κ1) is 24.4. The highest BCUT2D eigenvalue weighted by molar-refractivity contribution is 6.00. The fourth-order valence-corrected chi connectivity index (χ4v) is 4.03. The topological polar surface area (TPSA) is 114 Å². The molecule has 1 aromatic rings. The number of fused-ring (bicyclic) bond motifs is 1. The van der Waals surface area contributed by atoms with Crippen molar-refractivity contribution in [1.29, 1.82) is 0 Å². The maximum atomic E-state index is 13.3. The van der Waals surface area contributed by atoms with E-state index in [1.165, 1.54) is 7.11 Å². The number of hydrogen-bond donors (Lipinski definition) is 0. The van der Waals surface area contributed by atoms with Crippen molar-refractivity contribution in [2.75, 3.05) is 27.1 Å². The minimum absolute atomic E-state index is 0.0134. The van der Waals surface area contributed by atoms with Crippen LogP contribution in [-0.4, -0.2) is 43.7 Å². The number of carbonyl (C=O) groups excluding carboxylic acids is 2. The predicted molar refractivity (Wildman–Crippen MR) is 112 cm³/mol. The number of ketones is 1. The molecule has 0 aromatic heterocycles. The van der Waals surface area contributed by atoms with E-state index in [1.807, 2.05) is 20.8 Å². The molecule has 1 aliphatic rings. The van der Waals surface area contributed by atoms with Gasteiger partial charge >= 0.3 is 5.97 Å².